The number of hydrogen-bond acceptors (Lipinski definition) is 2. The van der Waals surface area contributed by atoms with Crippen molar-refractivity contribution in [3.05, 3.63) is 46.5 Å². The molecule has 0 spiro atoms. The lowest BCUT2D eigenvalue weighted by atomic mass is 9.78. The van der Waals surface area contributed by atoms with E-state index in [1.807, 2.05) is 5.32 Å². The van der Waals surface area contributed by atoms with Gasteiger partial charge in [0.25, 0.3) is 5.91 Å². The molecule has 0 unspecified atom stereocenters. The Kier molecular flexibility index (Phi) is 3.89. The highest BCUT2D eigenvalue weighted by Crippen LogP contribution is 2.46. The summed E-state index contributed by atoms with van der Waals surface area (Å²) in [6.07, 6.45) is -5.15. The second kappa shape index (κ2) is 5.26. The molecule has 1 aromatic rings. The van der Waals surface area contributed by atoms with Crippen molar-refractivity contribution >= 4 is 11.7 Å². The molecule has 1 aromatic carbocycles. The quantitative estimate of drug-likeness (QED) is 0.853. The van der Waals surface area contributed by atoms with Crippen LogP contribution in [0.2, 0.25) is 0 Å². The molecule has 1 aliphatic heterocycles. The summed E-state index contributed by atoms with van der Waals surface area (Å²) in [7, 11) is 0. The maximum atomic E-state index is 13.7. The first-order valence-electron chi connectivity index (χ1n) is 6.75. The fourth-order valence-electron chi connectivity index (χ4n) is 2.79. The average Bonchev–Trinajstić information content (AvgIpc) is 2.36. The third-order valence-corrected chi connectivity index (χ3v) is 3.89. The molecule has 118 valence electrons. The predicted molar refractivity (Wildman–Crippen MR) is 75.1 cm³/mol. The molecular weight excluding hydrogens is 295 g/mol. The maximum absolute atomic E-state index is 13.7. The van der Waals surface area contributed by atoms with Crippen molar-refractivity contribution in [1.29, 1.82) is 0 Å². The number of rotatable bonds is 2. The smallest absolute Gasteiger partial charge is 0.334 e. The minimum Gasteiger partial charge on any atom is -0.334 e. The van der Waals surface area contributed by atoms with E-state index in [9.17, 15) is 22.8 Å². The van der Waals surface area contributed by atoms with Crippen LogP contribution in [-0.2, 0) is 15.1 Å². The summed E-state index contributed by atoms with van der Waals surface area (Å²) in [5, 5.41) is 2.02. The second-order valence-corrected chi connectivity index (χ2v) is 5.61. The Labute approximate surface area is 126 Å². The minimum atomic E-state index is -4.68. The fraction of sp³-hybridized carbons (Fsp3) is 0.375. The first-order chi connectivity index (χ1) is 10.1. The summed E-state index contributed by atoms with van der Waals surface area (Å²) < 4.78 is 41.2. The zero-order chi connectivity index (χ0) is 16.7. The predicted octanol–water partition coefficient (Wildman–Crippen LogP) is 3.18. The third-order valence-electron chi connectivity index (χ3n) is 3.89. The zero-order valence-corrected chi connectivity index (χ0v) is 12.5. The molecule has 22 heavy (non-hydrogen) atoms. The van der Waals surface area contributed by atoms with Crippen LogP contribution in [0.1, 0.15) is 31.4 Å². The van der Waals surface area contributed by atoms with Crippen LogP contribution >= 0.6 is 0 Å². The highest BCUT2D eigenvalue weighted by Gasteiger charge is 2.59. The monoisotopic (exact) mass is 311 g/mol. The molecular formula is C16H16F3NO2. The fourth-order valence-corrected chi connectivity index (χ4v) is 2.79. The number of alkyl halides is 3. The van der Waals surface area contributed by atoms with Gasteiger partial charge in [-0.3, -0.25) is 9.59 Å². The molecule has 0 bridgehead atoms. The molecule has 0 radical (unpaired) electrons. The highest BCUT2D eigenvalue weighted by atomic mass is 19.4. The number of nitrogens with one attached hydrogen (secondary N) is 1. The Morgan fingerprint density at radius 1 is 1.18 bits per heavy atom. The molecule has 1 N–H and O–H groups in total. The van der Waals surface area contributed by atoms with Crippen molar-refractivity contribution in [1.82, 2.24) is 5.32 Å². The normalized spacial score (nSPS) is 22.5. The Hall–Kier alpha value is -2.11. The number of amides is 1. The molecule has 0 saturated carbocycles. The van der Waals surface area contributed by atoms with E-state index in [1.165, 1.54) is 26.0 Å². The number of hydrogen-bond donors (Lipinski definition) is 1. The van der Waals surface area contributed by atoms with E-state index in [-0.39, 0.29) is 16.7 Å². The number of carbonyl (C=O) groups excluding carboxylic acids is 2. The summed E-state index contributed by atoms with van der Waals surface area (Å²) in [5.74, 6) is -1.51. The first kappa shape index (κ1) is 16.3. The van der Waals surface area contributed by atoms with Gasteiger partial charge >= 0.3 is 6.18 Å². The van der Waals surface area contributed by atoms with Crippen molar-refractivity contribution in [2.24, 2.45) is 0 Å². The number of benzene rings is 1. The molecule has 0 aromatic heterocycles. The van der Waals surface area contributed by atoms with Crippen LogP contribution in [0.4, 0.5) is 13.2 Å². The minimum absolute atomic E-state index is 0.0408. The standard InChI is InChI=1S/C16H16F3NO2/c1-9-4-6-12(7-5-9)15(16(17,18)19)8-10(2)13(11(3)21)14(22)20-15/h4-7H,8H2,1-3H3,(H,20,22)/t15-/m0/s1. The van der Waals surface area contributed by atoms with Crippen molar-refractivity contribution in [3.63, 3.8) is 0 Å². The first-order valence-corrected chi connectivity index (χ1v) is 6.75. The molecule has 1 atom stereocenters. The van der Waals surface area contributed by atoms with Crippen molar-refractivity contribution in [3.8, 4) is 0 Å². The Bertz CT molecular complexity index is 659. The molecule has 1 aliphatic rings. The SMILES string of the molecule is CC(=O)C1=C(C)C[C@](c2ccc(C)cc2)(C(F)(F)F)NC1=O. The molecule has 1 heterocycles. The summed E-state index contributed by atoms with van der Waals surface area (Å²) in [4.78, 5) is 23.5. The van der Waals surface area contributed by atoms with Crippen LogP contribution < -0.4 is 5.32 Å². The zero-order valence-electron chi connectivity index (χ0n) is 12.5. The van der Waals surface area contributed by atoms with E-state index in [1.54, 1.807) is 19.1 Å². The summed E-state index contributed by atoms with van der Waals surface area (Å²) in [6, 6.07) is 5.84. The van der Waals surface area contributed by atoms with Crippen LogP contribution in [0.3, 0.4) is 0 Å². The number of halogens is 3. The molecule has 0 aliphatic carbocycles. The van der Waals surface area contributed by atoms with Crippen LogP contribution in [0.25, 0.3) is 0 Å². The van der Waals surface area contributed by atoms with Gasteiger partial charge in [-0.1, -0.05) is 35.4 Å². The number of ketones is 1. The van der Waals surface area contributed by atoms with Crippen LogP contribution in [0.5, 0.6) is 0 Å². The van der Waals surface area contributed by atoms with Gasteiger partial charge in [-0.2, -0.15) is 13.2 Å². The Balaban J connectivity index is 2.62. The van der Waals surface area contributed by atoms with Crippen LogP contribution in [0.15, 0.2) is 35.4 Å². The van der Waals surface area contributed by atoms with Gasteiger partial charge in [0.2, 0.25) is 0 Å². The average molecular weight is 311 g/mol. The molecule has 6 heteroatoms. The van der Waals surface area contributed by atoms with Crippen LogP contribution in [-0.4, -0.2) is 17.9 Å². The van der Waals surface area contributed by atoms with Gasteiger partial charge in [0.15, 0.2) is 11.3 Å². The lowest BCUT2D eigenvalue weighted by Gasteiger charge is -2.40. The van der Waals surface area contributed by atoms with Gasteiger partial charge in [-0.05, 0) is 26.3 Å². The lowest BCUT2D eigenvalue weighted by molar-refractivity contribution is -0.203. The van der Waals surface area contributed by atoms with E-state index in [4.69, 9.17) is 0 Å². The van der Waals surface area contributed by atoms with Gasteiger partial charge < -0.3 is 5.32 Å². The van der Waals surface area contributed by atoms with E-state index >= 15 is 0 Å². The summed E-state index contributed by atoms with van der Waals surface area (Å²) in [5.41, 5.74) is -1.76. The number of Topliss-reactive ketones (excluding diaryl/α,β-unsaturated/α-hetero) is 1. The Morgan fingerprint density at radius 3 is 2.14 bits per heavy atom. The van der Waals surface area contributed by atoms with Gasteiger partial charge in [-0.25, -0.2) is 0 Å². The van der Waals surface area contributed by atoms with Crippen LogP contribution in [0, 0.1) is 6.92 Å². The number of aryl methyl sites for hydroxylation is 1. The van der Waals surface area contributed by atoms with Crippen molar-refractivity contribution in [2.45, 2.75) is 38.9 Å². The van der Waals surface area contributed by atoms with Crippen molar-refractivity contribution in [2.75, 3.05) is 0 Å². The van der Waals surface area contributed by atoms with Gasteiger partial charge in [-0.15, -0.1) is 0 Å². The molecule has 1 amide bonds. The largest absolute Gasteiger partial charge is 0.416 e. The van der Waals surface area contributed by atoms with Gasteiger partial charge in [0.1, 0.15) is 0 Å². The van der Waals surface area contributed by atoms with Gasteiger partial charge in [0.05, 0.1) is 5.57 Å². The maximum Gasteiger partial charge on any atom is 0.416 e. The van der Waals surface area contributed by atoms with E-state index in [0.717, 1.165) is 5.56 Å². The Morgan fingerprint density at radius 2 is 1.73 bits per heavy atom. The van der Waals surface area contributed by atoms with E-state index in [2.05, 4.69) is 0 Å². The third kappa shape index (κ3) is 2.53. The number of carbonyl (C=O) groups is 2. The second-order valence-electron chi connectivity index (χ2n) is 5.61. The van der Waals surface area contributed by atoms with E-state index < -0.39 is 29.8 Å². The van der Waals surface area contributed by atoms with E-state index in [0.29, 0.717) is 0 Å². The topological polar surface area (TPSA) is 46.2 Å². The highest BCUT2D eigenvalue weighted by molar-refractivity contribution is 6.19. The summed E-state index contributed by atoms with van der Waals surface area (Å²) in [6.45, 7) is 4.33. The molecule has 0 fully saturated rings. The van der Waals surface area contributed by atoms with Crippen molar-refractivity contribution < 1.29 is 22.8 Å². The van der Waals surface area contributed by atoms with Gasteiger partial charge in [0, 0.05) is 6.42 Å². The summed E-state index contributed by atoms with van der Waals surface area (Å²) >= 11 is 0. The molecule has 0 saturated heterocycles. The molecule has 3 nitrogen and oxygen atoms in total. The lowest BCUT2D eigenvalue weighted by Crippen LogP contribution is -2.59. The molecule has 2 rings (SSSR count).